The Morgan fingerprint density at radius 2 is 1.35 bits per heavy atom. The minimum absolute atomic E-state index is 0.311. The van der Waals surface area contributed by atoms with Gasteiger partial charge in [-0.3, -0.25) is 11.5 Å². The van der Waals surface area contributed by atoms with Crippen LogP contribution in [0.4, 0.5) is 0 Å². The SMILES string of the molecule is CC1(N)CC=C(C(C)(C)C2=CCC(C)(N)O2)O1. The van der Waals surface area contributed by atoms with Crippen LogP contribution in [-0.4, -0.2) is 11.4 Å². The second-order valence-corrected chi connectivity index (χ2v) is 6.00. The van der Waals surface area contributed by atoms with Gasteiger partial charge in [0.15, 0.2) is 11.4 Å². The van der Waals surface area contributed by atoms with Gasteiger partial charge in [-0.2, -0.15) is 0 Å². The van der Waals surface area contributed by atoms with Gasteiger partial charge in [0, 0.05) is 12.8 Å². The van der Waals surface area contributed by atoms with E-state index in [-0.39, 0.29) is 5.41 Å². The number of rotatable bonds is 2. The zero-order valence-electron chi connectivity index (χ0n) is 11.0. The van der Waals surface area contributed by atoms with E-state index in [9.17, 15) is 0 Å². The molecule has 0 amide bonds. The topological polar surface area (TPSA) is 70.5 Å². The summed E-state index contributed by atoms with van der Waals surface area (Å²) in [6, 6.07) is 0. The van der Waals surface area contributed by atoms with E-state index in [0.29, 0.717) is 0 Å². The van der Waals surface area contributed by atoms with Crippen LogP contribution in [0.2, 0.25) is 0 Å². The number of hydrogen-bond acceptors (Lipinski definition) is 4. The average molecular weight is 238 g/mol. The van der Waals surface area contributed by atoms with Crippen molar-refractivity contribution in [1.82, 2.24) is 0 Å². The maximum absolute atomic E-state index is 5.96. The Bertz CT molecular complexity index is 356. The second-order valence-electron chi connectivity index (χ2n) is 6.00. The van der Waals surface area contributed by atoms with Crippen LogP contribution in [0.15, 0.2) is 23.7 Å². The van der Waals surface area contributed by atoms with E-state index >= 15 is 0 Å². The van der Waals surface area contributed by atoms with Gasteiger partial charge in [0.25, 0.3) is 0 Å². The molecule has 4 N–H and O–H groups in total. The highest BCUT2D eigenvalue weighted by molar-refractivity contribution is 5.25. The van der Waals surface area contributed by atoms with Crippen molar-refractivity contribution in [1.29, 1.82) is 0 Å². The molecule has 0 aromatic rings. The van der Waals surface area contributed by atoms with Crippen LogP contribution >= 0.6 is 0 Å². The molecule has 0 saturated carbocycles. The molecule has 2 aliphatic rings. The molecule has 0 saturated heterocycles. The highest BCUT2D eigenvalue weighted by Gasteiger charge is 2.42. The molecule has 0 radical (unpaired) electrons. The van der Waals surface area contributed by atoms with Gasteiger partial charge < -0.3 is 9.47 Å². The molecule has 2 rings (SSSR count). The third-order valence-corrected chi connectivity index (χ3v) is 3.30. The Labute approximate surface area is 103 Å². The monoisotopic (exact) mass is 238 g/mol. The van der Waals surface area contributed by atoms with Gasteiger partial charge in [0.05, 0.1) is 5.41 Å². The van der Waals surface area contributed by atoms with E-state index in [2.05, 4.69) is 13.8 Å². The van der Waals surface area contributed by atoms with Crippen molar-refractivity contribution in [2.24, 2.45) is 16.9 Å². The van der Waals surface area contributed by atoms with Crippen molar-refractivity contribution in [3.63, 3.8) is 0 Å². The van der Waals surface area contributed by atoms with Crippen LogP contribution in [-0.2, 0) is 9.47 Å². The largest absolute Gasteiger partial charge is 0.477 e. The Hall–Kier alpha value is -1.00. The highest BCUT2D eigenvalue weighted by Crippen LogP contribution is 2.45. The summed E-state index contributed by atoms with van der Waals surface area (Å²) >= 11 is 0. The fourth-order valence-corrected chi connectivity index (χ4v) is 2.15. The molecule has 4 nitrogen and oxygen atoms in total. The average Bonchev–Trinajstić information content (AvgIpc) is 2.69. The first-order chi connectivity index (χ1) is 7.62. The lowest BCUT2D eigenvalue weighted by Gasteiger charge is -2.32. The molecular formula is C13H22N2O2. The highest BCUT2D eigenvalue weighted by atomic mass is 16.5. The van der Waals surface area contributed by atoms with Gasteiger partial charge in [0.1, 0.15) is 11.5 Å². The van der Waals surface area contributed by atoms with E-state index in [4.69, 9.17) is 20.9 Å². The lowest BCUT2D eigenvalue weighted by molar-refractivity contribution is -0.0100. The summed E-state index contributed by atoms with van der Waals surface area (Å²) in [5.74, 6) is 1.73. The van der Waals surface area contributed by atoms with Gasteiger partial charge in [0.2, 0.25) is 0 Å². The first-order valence-electron chi connectivity index (χ1n) is 5.99. The predicted molar refractivity (Wildman–Crippen MR) is 66.5 cm³/mol. The molecule has 17 heavy (non-hydrogen) atoms. The molecule has 2 heterocycles. The molecule has 4 heteroatoms. The maximum Gasteiger partial charge on any atom is 0.158 e. The fourth-order valence-electron chi connectivity index (χ4n) is 2.15. The first kappa shape index (κ1) is 12.5. The van der Waals surface area contributed by atoms with Gasteiger partial charge in [-0.25, -0.2) is 0 Å². The van der Waals surface area contributed by atoms with Crippen molar-refractivity contribution in [3.8, 4) is 0 Å². The summed E-state index contributed by atoms with van der Waals surface area (Å²) in [7, 11) is 0. The van der Waals surface area contributed by atoms with Crippen LogP contribution in [0.25, 0.3) is 0 Å². The molecule has 2 aliphatic heterocycles. The fraction of sp³-hybridized carbons (Fsp3) is 0.692. The van der Waals surface area contributed by atoms with Crippen molar-refractivity contribution in [3.05, 3.63) is 23.7 Å². The van der Waals surface area contributed by atoms with E-state index in [0.717, 1.165) is 24.4 Å². The first-order valence-corrected chi connectivity index (χ1v) is 5.99. The van der Waals surface area contributed by atoms with Crippen LogP contribution in [0, 0.1) is 5.41 Å². The lowest BCUT2D eigenvalue weighted by Crippen LogP contribution is -2.38. The molecule has 96 valence electrons. The molecule has 0 bridgehead atoms. The summed E-state index contributed by atoms with van der Waals surface area (Å²) in [5.41, 5.74) is 10.4. The predicted octanol–water partition coefficient (Wildman–Crippen LogP) is 1.97. The van der Waals surface area contributed by atoms with E-state index in [1.54, 1.807) is 0 Å². The van der Waals surface area contributed by atoms with Gasteiger partial charge in [-0.1, -0.05) is 0 Å². The molecule has 2 unspecified atom stereocenters. The minimum Gasteiger partial charge on any atom is -0.477 e. The molecule has 0 spiro atoms. The number of nitrogens with two attached hydrogens (primary N) is 2. The van der Waals surface area contributed by atoms with Crippen LogP contribution in [0.3, 0.4) is 0 Å². The summed E-state index contributed by atoms with van der Waals surface area (Å²) in [6.45, 7) is 7.88. The standard InChI is InChI=1S/C13H22N2O2/c1-11(2,9-5-7-12(3,14)16-9)10-6-8-13(4,15)17-10/h5-6H,7-8,14-15H2,1-4H3. The summed E-state index contributed by atoms with van der Waals surface area (Å²) in [5, 5.41) is 0. The van der Waals surface area contributed by atoms with Gasteiger partial charge in [-0.05, 0) is 39.8 Å². The van der Waals surface area contributed by atoms with Crippen molar-refractivity contribution in [2.75, 3.05) is 0 Å². The van der Waals surface area contributed by atoms with Crippen LogP contribution in [0.1, 0.15) is 40.5 Å². The van der Waals surface area contributed by atoms with E-state index < -0.39 is 11.4 Å². The number of ether oxygens (including phenoxy) is 2. The summed E-state index contributed by atoms with van der Waals surface area (Å²) in [4.78, 5) is 0. The molecule has 0 aromatic carbocycles. The van der Waals surface area contributed by atoms with Crippen molar-refractivity contribution >= 4 is 0 Å². The third kappa shape index (κ3) is 2.33. The Morgan fingerprint density at radius 1 is 1.00 bits per heavy atom. The van der Waals surface area contributed by atoms with E-state index in [1.165, 1.54) is 0 Å². The Morgan fingerprint density at radius 3 is 1.59 bits per heavy atom. The third-order valence-electron chi connectivity index (χ3n) is 3.30. The molecule has 0 aromatic heterocycles. The number of hydrogen-bond donors (Lipinski definition) is 2. The molecule has 2 atom stereocenters. The summed E-state index contributed by atoms with van der Waals surface area (Å²) < 4.78 is 11.5. The molecule has 0 aliphatic carbocycles. The lowest BCUT2D eigenvalue weighted by atomic mass is 9.88. The van der Waals surface area contributed by atoms with Crippen molar-refractivity contribution in [2.45, 2.75) is 52.0 Å². The Kier molecular flexibility index (Phi) is 2.56. The molecular weight excluding hydrogens is 216 g/mol. The quantitative estimate of drug-likeness (QED) is 0.771. The van der Waals surface area contributed by atoms with Crippen LogP contribution < -0.4 is 11.5 Å². The summed E-state index contributed by atoms with van der Waals surface area (Å²) in [6.07, 6.45) is 5.52. The Balaban J connectivity index is 2.16. The van der Waals surface area contributed by atoms with Crippen molar-refractivity contribution < 1.29 is 9.47 Å². The minimum atomic E-state index is -0.599. The second kappa shape index (κ2) is 3.50. The van der Waals surface area contributed by atoms with Gasteiger partial charge >= 0.3 is 0 Å². The van der Waals surface area contributed by atoms with Crippen LogP contribution in [0.5, 0.6) is 0 Å². The van der Waals surface area contributed by atoms with Gasteiger partial charge in [-0.15, -0.1) is 0 Å². The van der Waals surface area contributed by atoms with E-state index in [1.807, 2.05) is 26.0 Å². The smallest absolute Gasteiger partial charge is 0.158 e. The normalized spacial score (nSPS) is 37.3. The molecule has 0 fully saturated rings. The zero-order valence-corrected chi connectivity index (χ0v) is 11.0. The maximum atomic E-state index is 5.96. The zero-order chi connectivity index (χ0) is 12.9.